The second-order valence-electron chi connectivity index (χ2n) is 8.63. The Morgan fingerprint density at radius 2 is 2.00 bits per heavy atom. The predicted molar refractivity (Wildman–Crippen MR) is 115 cm³/mol. The summed E-state index contributed by atoms with van der Waals surface area (Å²) >= 11 is 0. The van der Waals surface area contributed by atoms with Crippen LogP contribution in [0.15, 0.2) is 30.6 Å². The molecule has 0 bridgehead atoms. The molecule has 1 amide bonds. The van der Waals surface area contributed by atoms with Gasteiger partial charge in [-0.25, -0.2) is 14.3 Å². The molecule has 1 fully saturated rings. The highest BCUT2D eigenvalue weighted by molar-refractivity contribution is 5.75. The first-order valence-electron chi connectivity index (χ1n) is 11.1. The third-order valence-electron chi connectivity index (χ3n) is 6.22. The quantitative estimate of drug-likeness (QED) is 0.607. The Bertz CT molecular complexity index is 1200. The number of carbonyl (C=O) groups excluding carboxylic acids is 1. The maximum Gasteiger partial charge on any atom is 0.408 e. The van der Waals surface area contributed by atoms with Crippen molar-refractivity contribution in [3.63, 3.8) is 0 Å². The van der Waals surface area contributed by atoms with E-state index >= 15 is 0 Å². The zero-order valence-corrected chi connectivity index (χ0v) is 18.3. The molecular formula is C22H24F3N7O2. The number of aromatic nitrogens is 5. The van der Waals surface area contributed by atoms with Crippen molar-refractivity contribution in [1.29, 1.82) is 0 Å². The summed E-state index contributed by atoms with van der Waals surface area (Å²) in [7, 11) is 0. The Morgan fingerprint density at radius 1 is 1.21 bits per heavy atom. The number of rotatable bonds is 5. The minimum Gasteiger partial charge on any atom is -0.491 e. The number of hydrogen-bond acceptors (Lipinski definition) is 6. The van der Waals surface area contributed by atoms with Crippen molar-refractivity contribution in [3.05, 3.63) is 41.9 Å². The smallest absolute Gasteiger partial charge is 0.408 e. The first-order chi connectivity index (χ1) is 16.3. The minimum atomic E-state index is -4.42. The summed E-state index contributed by atoms with van der Waals surface area (Å²) in [5.41, 5.74) is 8.34. The van der Waals surface area contributed by atoms with Crippen molar-refractivity contribution < 1.29 is 22.7 Å². The Balaban J connectivity index is 1.44. The average molecular weight is 475 g/mol. The van der Waals surface area contributed by atoms with E-state index in [0.717, 1.165) is 53.9 Å². The molecule has 5 rings (SSSR count). The third kappa shape index (κ3) is 4.63. The lowest BCUT2D eigenvalue weighted by Gasteiger charge is -2.31. The topological polar surface area (TPSA) is 104 Å². The van der Waals surface area contributed by atoms with Crippen molar-refractivity contribution in [2.24, 2.45) is 5.73 Å². The standard InChI is InChI=1S/C22H24F3N7O2/c23-22(24,25)12-31-21(27-13-28-31)17-10-16-5-8-34-19-2-1-15(9-18(19)32(16)29-17)14-3-6-30(7-4-14)11-20(26)33/h1-2,9-10,13-14H,3-8,11-12H2,(H2,26,33). The summed E-state index contributed by atoms with van der Waals surface area (Å²) in [6.07, 6.45) is -0.974. The molecule has 34 heavy (non-hydrogen) atoms. The van der Waals surface area contributed by atoms with Gasteiger partial charge < -0.3 is 10.5 Å². The van der Waals surface area contributed by atoms with Gasteiger partial charge in [0.2, 0.25) is 5.91 Å². The first kappa shape index (κ1) is 22.4. The van der Waals surface area contributed by atoms with Crippen LogP contribution in [0.5, 0.6) is 5.75 Å². The number of amides is 1. The van der Waals surface area contributed by atoms with Crippen LogP contribution in [0.1, 0.15) is 30.0 Å². The second-order valence-corrected chi connectivity index (χ2v) is 8.63. The van der Waals surface area contributed by atoms with Crippen LogP contribution in [0.4, 0.5) is 13.2 Å². The Kier molecular flexibility index (Phi) is 5.76. The van der Waals surface area contributed by atoms with Gasteiger partial charge in [0.1, 0.15) is 30.0 Å². The molecule has 0 unspecified atom stereocenters. The van der Waals surface area contributed by atoms with Gasteiger partial charge >= 0.3 is 6.18 Å². The molecule has 1 saturated heterocycles. The number of benzene rings is 1. The molecule has 2 aromatic heterocycles. The molecule has 0 radical (unpaired) electrons. The Morgan fingerprint density at radius 3 is 2.74 bits per heavy atom. The minimum absolute atomic E-state index is 0.0679. The molecule has 0 spiro atoms. The molecule has 4 heterocycles. The predicted octanol–water partition coefficient (Wildman–Crippen LogP) is 2.29. The van der Waals surface area contributed by atoms with Gasteiger partial charge in [-0.1, -0.05) is 6.07 Å². The van der Waals surface area contributed by atoms with Crippen LogP contribution in [0.25, 0.3) is 17.2 Å². The molecule has 3 aromatic rings. The van der Waals surface area contributed by atoms with E-state index in [1.807, 2.05) is 18.2 Å². The number of nitrogens with zero attached hydrogens (tertiary/aromatic N) is 6. The number of alkyl halides is 3. The van der Waals surface area contributed by atoms with Gasteiger partial charge in [-0.3, -0.25) is 9.69 Å². The monoisotopic (exact) mass is 475 g/mol. The molecule has 0 atom stereocenters. The maximum absolute atomic E-state index is 12.9. The van der Waals surface area contributed by atoms with E-state index in [0.29, 0.717) is 30.4 Å². The summed E-state index contributed by atoms with van der Waals surface area (Å²) < 4.78 is 47.3. The van der Waals surface area contributed by atoms with E-state index < -0.39 is 12.7 Å². The van der Waals surface area contributed by atoms with Crippen LogP contribution in [0.2, 0.25) is 0 Å². The lowest BCUT2D eigenvalue weighted by Crippen LogP contribution is -2.39. The number of halogens is 3. The second kappa shape index (κ2) is 8.75. The van der Waals surface area contributed by atoms with E-state index in [-0.39, 0.29) is 18.3 Å². The summed E-state index contributed by atoms with van der Waals surface area (Å²) in [6, 6.07) is 7.74. The van der Waals surface area contributed by atoms with Gasteiger partial charge in [-0.05, 0) is 55.6 Å². The number of fused-ring (bicyclic) bond motifs is 3. The summed E-state index contributed by atoms with van der Waals surface area (Å²) in [5.74, 6) is 0.721. The van der Waals surface area contributed by atoms with E-state index in [1.54, 1.807) is 10.7 Å². The van der Waals surface area contributed by atoms with E-state index in [9.17, 15) is 18.0 Å². The Hall–Kier alpha value is -3.41. The lowest BCUT2D eigenvalue weighted by molar-refractivity contribution is -0.142. The summed E-state index contributed by atoms with van der Waals surface area (Å²) in [4.78, 5) is 17.3. The van der Waals surface area contributed by atoms with Crippen LogP contribution in [-0.4, -0.2) is 67.8 Å². The van der Waals surface area contributed by atoms with Gasteiger partial charge in [-0.2, -0.15) is 23.4 Å². The molecule has 2 aliphatic rings. The van der Waals surface area contributed by atoms with Crippen LogP contribution < -0.4 is 10.5 Å². The largest absolute Gasteiger partial charge is 0.491 e. The fourth-order valence-electron chi connectivity index (χ4n) is 4.65. The normalized spacial score (nSPS) is 17.0. The van der Waals surface area contributed by atoms with Crippen molar-refractivity contribution in [2.45, 2.75) is 37.9 Å². The maximum atomic E-state index is 12.9. The van der Waals surface area contributed by atoms with Gasteiger partial charge in [0, 0.05) is 12.1 Å². The highest BCUT2D eigenvalue weighted by atomic mass is 19.4. The average Bonchev–Trinajstić information content (AvgIpc) is 3.36. The van der Waals surface area contributed by atoms with Crippen LogP contribution >= 0.6 is 0 Å². The number of ether oxygens (including phenoxy) is 1. The summed E-state index contributed by atoms with van der Waals surface area (Å²) in [6.45, 7) is 1.03. The molecule has 2 N–H and O–H groups in total. The first-order valence-corrected chi connectivity index (χ1v) is 11.1. The fourth-order valence-corrected chi connectivity index (χ4v) is 4.65. The van der Waals surface area contributed by atoms with Crippen molar-refractivity contribution >= 4 is 5.91 Å². The lowest BCUT2D eigenvalue weighted by atomic mass is 9.89. The van der Waals surface area contributed by atoms with E-state index in [1.165, 1.54) is 0 Å². The molecular weight excluding hydrogens is 451 g/mol. The number of likely N-dealkylation sites (tertiary alicyclic amines) is 1. The highest BCUT2D eigenvalue weighted by Crippen LogP contribution is 2.35. The van der Waals surface area contributed by atoms with Crippen LogP contribution in [0, 0.1) is 0 Å². The van der Waals surface area contributed by atoms with Crippen LogP contribution in [0.3, 0.4) is 0 Å². The zero-order chi connectivity index (χ0) is 23.9. The van der Waals surface area contributed by atoms with Gasteiger partial charge in [0.25, 0.3) is 0 Å². The SMILES string of the molecule is NC(=O)CN1CCC(c2ccc3c(c2)-n2nc(-c4ncnn4CC(F)(F)F)cc2CCO3)CC1. The molecule has 0 aliphatic carbocycles. The zero-order valence-electron chi connectivity index (χ0n) is 18.3. The van der Waals surface area contributed by atoms with Gasteiger partial charge in [0.15, 0.2) is 5.82 Å². The molecule has 12 heteroatoms. The molecule has 180 valence electrons. The Labute approximate surface area is 193 Å². The third-order valence-corrected chi connectivity index (χ3v) is 6.22. The van der Waals surface area contributed by atoms with E-state index in [4.69, 9.17) is 10.5 Å². The number of nitrogens with two attached hydrogens (primary N) is 1. The van der Waals surface area contributed by atoms with E-state index in [2.05, 4.69) is 20.1 Å². The van der Waals surface area contributed by atoms with Gasteiger partial charge in [-0.15, -0.1) is 0 Å². The number of piperidine rings is 1. The molecule has 9 nitrogen and oxygen atoms in total. The molecule has 0 saturated carbocycles. The number of carbonyl (C=O) groups is 1. The number of primary amides is 1. The van der Waals surface area contributed by atoms with Crippen LogP contribution in [-0.2, 0) is 17.8 Å². The number of hydrogen-bond donors (Lipinski definition) is 1. The van der Waals surface area contributed by atoms with Crippen molar-refractivity contribution in [2.75, 3.05) is 26.2 Å². The molecule has 1 aromatic carbocycles. The van der Waals surface area contributed by atoms with Gasteiger partial charge in [0.05, 0.1) is 13.2 Å². The fraction of sp³-hybridized carbons (Fsp3) is 0.455. The highest BCUT2D eigenvalue weighted by Gasteiger charge is 2.31. The van der Waals surface area contributed by atoms with Crippen molar-refractivity contribution in [1.82, 2.24) is 29.4 Å². The molecule has 2 aliphatic heterocycles. The van der Waals surface area contributed by atoms with Crippen molar-refractivity contribution in [3.8, 4) is 23.0 Å². The summed E-state index contributed by atoms with van der Waals surface area (Å²) in [5, 5.41) is 8.33.